The monoisotopic (exact) mass is 368 g/mol. The molecule has 2 rings (SSSR count). The third kappa shape index (κ3) is 4.24. The highest BCUT2D eigenvalue weighted by atomic mass is 79.9. The molecular weight excluding hydrogens is 364 g/mol. The maximum atomic E-state index is 12.1. The van der Waals surface area contributed by atoms with E-state index in [9.17, 15) is 13.2 Å². The van der Waals surface area contributed by atoms with Gasteiger partial charge in [0.1, 0.15) is 11.5 Å². The zero-order valence-corrected chi connectivity index (χ0v) is 11.8. The minimum absolute atomic E-state index is 0.0192. The zero-order chi connectivity index (χ0) is 14.8. The Bertz CT molecular complexity index is 608. The maximum absolute atomic E-state index is 12.1. The van der Waals surface area contributed by atoms with Gasteiger partial charge in [-0.25, -0.2) is 9.97 Å². The summed E-state index contributed by atoms with van der Waals surface area (Å²) in [5.41, 5.74) is 0. The highest BCUT2D eigenvalue weighted by Crippen LogP contribution is 2.34. The van der Waals surface area contributed by atoms with Crippen molar-refractivity contribution in [1.29, 1.82) is 0 Å². The number of ether oxygens (including phenoxy) is 2. The van der Waals surface area contributed by atoms with Crippen LogP contribution >= 0.6 is 27.5 Å². The van der Waals surface area contributed by atoms with Gasteiger partial charge in [-0.1, -0.05) is 11.6 Å². The Morgan fingerprint density at radius 3 is 2.35 bits per heavy atom. The van der Waals surface area contributed by atoms with Gasteiger partial charge in [-0.2, -0.15) is 0 Å². The average Bonchev–Trinajstić information content (AvgIpc) is 2.34. The maximum Gasteiger partial charge on any atom is 0.573 e. The van der Waals surface area contributed by atoms with Crippen LogP contribution in [0.2, 0.25) is 5.02 Å². The lowest BCUT2D eigenvalue weighted by molar-refractivity contribution is -0.274. The number of aromatic nitrogens is 2. The zero-order valence-electron chi connectivity index (χ0n) is 9.49. The second-order valence-electron chi connectivity index (χ2n) is 3.43. The summed E-state index contributed by atoms with van der Waals surface area (Å²) in [7, 11) is 0. The molecule has 0 spiro atoms. The standard InChI is InChI=1S/C11H5BrClF3N2O2/c12-8-3-7(1-2-9(8)20-11(14,15)16)19-10-17-4-6(13)5-18-10/h1-5H. The van der Waals surface area contributed by atoms with E-state index in [1.54, 1.807) is 0 Å². The highest BCUT2D eigenvalue weighted by molar-refractivity contribution is 9.10. The molecule has 106 valence electrons. The van der Waals surface area contributed by atoms with Crippen molar-refractivity contribution >= 4 is 27.5 Å². The molecule has 1 heterocycles. The van der Waals surface area contributed by atoms with E-state index < -0.39 is 6.36 Å². The molecule has 0 aliphatic heterocycles. The number of alkyl halides is 3. The topological polar surface area (TPSA) is 44.2 Å². The van der Waals surface area contributed by atoms with Gasteiger partial charge in [0.2, 0.25) is 0 Å². The molecule has 1 aromatic carbocycles. The third-order valence-electron chi connectivity index (χ3n) is 1.93. The number of benzene rings is 1. The van der Waals surface area contributed by atoms with Crippen LogP contribution in [0.25, 0.3) is 0 Å². The Kier molecular flexibility index (Phi) is 4.34. The molecule has 0 aliphatic rings. The molecule has 2 aromatic rings. The van der Waals surface area contributed by atoms with E-state index in [0.717, 1.165) is 6.07 Å². The Hall–Kier alpha value is -1.54. The number of nitrogens with zero attached hydrogens (tertiary/aromatic N) is 2. The number of hydrogen-bond acceptors (Lipinski definition) is 4. The van der Waals surface area contributed by atoms with Crippen LogP contribution in [0.3, 0.4) is 0 Å². The van der Waals surface area contributed by atoms with Crippen molar-refractivity contribution in [2.24, 2.45) is 0 Å². The normalized spacial score (nSPS) is 11.2. The van der Waals surface area contributed by atoms with Crippen molar-refractivity contribution in [3.8, 4) is 17.5 Å². The summed E-state index contributed by atoms with van der Waals surface area (Å²) < 4.78 is 45.4. The van der Waals surface area contributed by atoms with Gasteiger partial charge in [0.15, 0.2) is 0 Å². The number of halogens is 5. The van der Waals surface area contributed by atoms with Crippen LogP contribution in [0.15, 0.2) is 35.1 Å². The molecule has 0 saturated carbocycles. The van der Waals surface area contributed by atoms with E-state index in [4.69, 9.17) is 16.3 Å². The van der Waals surface area contributed by atoms with Crippen molar-refractivity contribution < 1.29 is 22.6 Å². The summed E-state index contributed by atoms with van der Waals surface area (Å²) in [5, 5.41) is 0.340. The molecule has 0 atom stereocenters. The smallest absolute Gasteiger partial charge is 0.424 e. The van der Waals surface area contributed by atoms with E-state index in [1.807, 2.05) is 0 Å². The molecule has 20 heavy (non-hydrogen) atoms. The van der Waals surface area contributed by atoms with Gasteiger partial charge in [-0.05, 0) is 34.1 Å². The second-order valence-corrected chi connectivity index (χ2v) is 4.72. The van der Waals surface area contributed by atoms with Crippen LogP contribution in [0.4, 0.5) is 13.2 Å². The van der Waals surface area contributed by atoms with Crippen molar-refractivity contribution in [2.75, 3.05) is 0 Å². The van der Waals surface area contributed by atoms with Crippen LogP contribution in [0.5, 0.6) is 17.5 Å². The van der Waals surface area contributed by atoms with Gasteiger partial charge in [-0.3, -0.25) is 0 Å². The molecule has 0 aliphatic carbocycles. The minimum atomic E-state index is -4.76. The lowest BCUT2D eigenvalue weighted by Gasteiger charge is -2.11. The lowest BCUT2D eigenvalue weighted by Crippen LogP contribution is -2.17. The fourth-order valence-electron chi connectivity index (χ4n) is 1.21. The minimum Gasteiger partial charge on any atom is -0.424 e. The Morgan fingerprint density at radius 2 is 1.80 bits per heavy atom. The molecule has 4 nitrogen and oxygen atoms in total. The molecule has 0 amide bonds. The first kappa shape index (κ1) is 14.9. The van der Waals surface area contributed by atoms with E-state index in [-0.39, 0.29) is 22.0 Å². The molecule has 0 bridgehead atoms. The first-order valence-corrected chi connectivity index (χ1v) is 6.21. The number of hydrogen-bond donors (Lipinski definition) is 0. The number of rotatable bonds is 3. The average molecular weight is 370 g/mol. The summed E-state index contributed by atoms with van der Waals surface area (Å²) in [6.07, 6.45) is -2.09. The molecule has 0 radical (unpaired) electrons. The quantitative estimate of drug-likeness (QED) is 0.794. The van der Waals surface area contributed by atoms with Crippen molar-refractivity contribution in [1.82, 2.24) is 9.97 Å². The first-order chi connectivity index (χ1) is 9.33. The second kappa shape index (κ2) is 5.84. The largest absolute Gasteiger partial charge is 0.573 e. The molecule has 0 saturated heterocycles. The predicted molar refractivity (Wildman–Crippen MR) is 67.9 cm³/mol. The van der Waals surface area contributed by atoms with Crippen LogP contribution in [0, 0.1) is 0 Å². The molecular formula is C11H5BrClF3N2O2. The van der Waals surface area contributed by atoms with Crippen LogP contribution in [0.1, 0.15) is 0 Å². The highest BCUT2D eigenvalue weighted by Gasteiger charge is 2.32. The van der Waals surface area contributed by atoms with Crippen molar-refractivity contribution in [3.05, 3.63) is 40.1 Å². The SMILES string of the molecule is FC(F)(F)Oc1ccc(Oc2ncc(Cl)cn2)cc1Br. The third-order valence-corrected chi connectivity index (χ3v) is 2.75. The molecule has 0 unspecified atom stereocenters. The predicted octanol–water partition coefficient (Wildman–Crippen LogP) is 4.58. The van der Waals surface area contributed by atoms with Crippen LogP contribution in [-0.2, 0) is 0 Å². The lowest BCUT2D eigenvalue weighted by atomic mass is 10.3. The summed E-state index contributed by atoms with van der Waals surface area (Å²) in [6.45, 7) is 0. The van der Waals surface area contributed by atoms with Crippen LogP contribution in [-0.4, -0.2) is 16.3 Å². The van der Waals surface area contributed by atoms with Gasteiger partial charge in [0.05, 0.1) is 21.9 Å². The van der Waals surface area contributed by atoms with E-state index in [0.29, 0.717) is 5.02 Å². The van der Waals surface area contributed by atoms with Crippen molar-refractivity contribution in [3.63, 3.8) is 0 Å². The Morgan fingerprint density at radius 1 is 1.15 bits per heavy atom. The van der Waals surface area contributed by atoms with E-state index in [1.165, 1.54) is 24.5 Å². The molecule has 0 N–H and O–H groups in total. The fraction of sp³-hybridized carbons (Fsp3) is 0.0909. The van der Waals surface area contributed by atoms with Gasteiger partial charge in [-0.15, -0.1) is 13.2 Å². The Labute approximate surface area is 124 Å². The van der Waals surface area contributed by atoms with Gasteiger partial charge < -0.3 is 9.47 Å². The fourth-order valence-corrected chi connectivity index (χ4v) is 1.75. The van der Waals surface area contributed by atoms with E-state index >= 15 is 0 Å². The summed E-state index contributed by atoms with van der Waals surface area (Å²) in [6, 6.07) is 3.73. The van der Waals surface area contributed by atoms with E-state index in [2.05, 4.69) is 30.6 Å². The molecule has 9 heteroatoms. The Balaban J connectivity index is 2.14. The summed E-state index contributed by atoms with van der Waals surface area (Å²) in [4.78, 5) is 7.59. The van der Waals surface area contributed by atoms with Gasteiger partial charge in [0.25, 0.3) is 0 Å². The summed E-state index contributed by atoms with van der Waals surface area (Å²) >= 11 is 8.57. The van der Waals surface area contributed by atoms with Gasteiger partial charge >= 0.3 is 12.4 Å². The molecule has 0 fully saturated rings. The van der Waals surface area contributed by atoms with Crippen LogP contribution < -0.4 is 9.47 Å². The molecule has 1 aromatic heterocycles. The first-order valence-electron chi connectivity index (χ1n) is 5.04. The van der Waals surface area contributed by atoms with Gasteiger partial charge in [0, 0.05) is 0 Å². The summed E-state index contributed by atoms with van der Waals surface area (Å²) in [5.74, 6) is -0.129. The van der Waals surface area contributed by atoms with Crippen molar-refractivity contribution in [2.45, 2.75) is 6.36 Å².